The standard InChI is InChI=1S/C15H14F2N2O/c1-2-19(12-6-4-11(18)5-7-12)15(20)10-3-8-13(16)14(17)9-10/h3-9H,2,18H2,1H3. The van der Waals surface area contributed by atoms with Gasteiger partial charge in [-0.25, -0.2) is 8.78 Å². The molecule has 0 saturated heterocycles. The molecule has 0 unspecified atom stereocenters. The van der Waals surface area contributed by atoms with Crippen LogP contribution >= 0.6 is 0 Å². The fourth-order valence-electron chi connectivity index (χ4n) is 1.88. The van der Waals surface area contributed by atoms with Gasteiger partial charge in [-0.05, 0) is 49.4 Å². The van der Waals surface area contributed by atoms with E-state index < -0.39 is 17.5 Å². The number of hydrogen-bond donors (Lipinski definition) is 1. The topological polar surface area (TPSA) is 46.3 Å². The fraction of sp³-hybridized carbons (Fsp3) is 0.133. The third-order valence-corrected chi connectivity index (χ3v) is 2.93. The molecular formula is C15H14F2N2O. The zero-order valence-electron chi connectivity index (χ0n) is 10.9. The van der Waals surface area contributed by atoms with Crippen LogP contribution in [0.4, 0.5) is 20.2 Å². The molecule has 0 aromatic heterocycles. The highest BCUT2D eigenvalue weighted by Gasteiger charge is 2.17. The Kier molecular flexibility index (Phi) is 3.98. The molecule has 2 aromatic rings. The molecular weight excluding hydrogens is 262 g/mol. The molecule has 0 atom stereocenters. The van der Waals surface area contributed by atoms with Crippen LogP contribution in [-0.4, -0.2) is 12.5 Å². The molecule has 104 valence electrons. The molecule has 2 N–H and O–H groups in total. The van der Waals surface area contributed by atoms with Crippen molar-refractivity contribution in [1.29, 1.82) is 0 Å². The van der Waals surface area contributed by atoms with Crippen molar-refractivity contribution in [3.63, 3.8) is 0 Å². The zero-order valence-corrected chi connectivity index (χ0v) is 10.9. The number of nitrogens with zero attached hydrogens (tertiary/aromatic N) is 1. The predicted molar refractivity (Wildman–Crippen MR) is 74.6 cm³/mol. The summed E-state index contributed by atoms with van der Waals surface area (Å²) < 4.78 is 26.1. The number of anilines is 2. The number of carbonyl (C=O) groups is 1. The molecule has 2 aromatic carbocycles. The van der Waals surface area contributed by atoms with Gasteiger partial charge in [-0.3, -0.25) is 4.79 Å². The van der Waals surface area contributed by atoms with Gasteiger partial charge in [0.15, 0.2) is 11.6 Å². The fourth-order valence-corrected chi connectivity index (χ4v) is 1.88. The Morgan fingerprint density at radius 1 is 1.10 bits per heavy atom. The van der Waals surface area contributed by atoms with Crippen LogP contribution in [0.1, 0.15) is 17.3 Å². The maximum atomic E-state index is 13.2. The Morgan fingerprint density at radius 3 is 2.30 bits per heavy atom. The van der Waals surface area contributed by atoms with Gasteiger partial charge in [-0.1, -0.05) is 0 Å². The number of nitrogen functional groups attached to an aromatic ring is 1. The summed E-state index contributed by atoms with van der Waals surface area (Å²) in [6.07, 6.45) is 0. The zero-order chi connectivity index (χ0) is 14.7. The largest absolute Gasteiger partial charge is 0.399 e. The van der Waals surface area contributed by atoms with E-state index in [0.29, 0.717) is 17.9 Å². The molecule has 0 fully saturated rings. The van der Waals surface area contributed by atoms with Gasteiger partial charge in [0, 0.05) is 23.5 Å². The van der Waals surface area contributed by atoms with Crippen molar-refractivity contribution in [3.8, 4) is 0 Å². The third kappa shape index (κ3) is 2.77. The second-order valence-electron chi connectivity index (χ2n) is 4.27. The van der Waals surface area contributed by atoms with E-state index in [0.717, 1.165) is 12.1 Å². The molecule has 0 aliphatic carbocycles. The van der Waals surface area contributed by atoms with Crippen molar-refractivity contribution >= 4 is 17.3 Å². The maximum absolute atomic E-state index is 13.2. The lowest BCUT2D eigenvalue weighted by Gasteiger charge is -2.21. The van der Waals surface area contributed by atoms with Gasteiger partial charge < -0.3 is 10.6 Å². The Hall–Kier alpha value is -2.43. The molecule has 20 heavy (non-hydrogen) atoms. The van der Waals surface area contributed by atoms with Gasteiger partial charge in [0.05, 0.1) is 0 Å². The van der Waals surface area contributed by atoms with Crippen LogP contribution in [0.5, 0.6) is 0 Å². The molecule has 0 bridgehead atoms. The van der Waals surface area contributed by atoms with E-state index in [-0.39, 0.29) is 5.56 Å². The summed E-state index contributed by atoms with van der Waals surface area (Å²) in [5.74, 6) is -2.41. The third-order valence-electron chi connectivity index (χ3n) is 2.93. The number of amides is 1. The summed E-state index contributed by atoms with van der Waals surface area (Å²) in [4.78, 5) is 13.8. The molecule has 2 rings (SSSR count). The summed E-state index contributed by atoms with van der Waals surface area (Å²) in [5.41, 5.74) is 6.93. The van der Waals surface area contributed by atoms with Crippen LogP contribution in [0.2, 0.25) is 0 Å². The first kappa shape index (κ1) is 14.0. The molecule has 0 aliphatic heterocycles. The highest BCUT2D eigenvalue weighted by Crippen LogP contribution is 2.19. The monoisotopic (exact) mass is 276 g/mol. The van der Waals surface area contributed by atoms with Crippen molar-refractivity contribution in [2.45, 2.75) is 6.92 Å². The van der Waals surface area contributed by atoms with Crippen LogP contribution < -0.4 is 10.6 Å². The average Bonchev–Trinajstić information content (AvgIpc) is 2.44. The summed E-state index contributed by atoms with van der Waals surface area (Å²) >= 11 is 0. The van der Waals surface area contributed by atoms with E-state index in [9.17, 15) is 13.6 Å². The van der Waals surface area contributed by atoms with Crippen LogP contribution in [-0.2, 0) is 0 Å². The predicted octanol–water partition coefficient (Wildman–Crippen LogP) is 3.21. The molecule has 3 nitrogen and oxygen atoms in total. The summed E-state index contributed by atoms with van der Waals surface area (Å²) in [6, 6.07) is 9.87. The van der Waals surface area contributed by atoms with E-state index in [1.165, 1.54) is 11.0 Å². The van der Waals surface area contributed by atoms with Crippen molar-refractivity contribution < 1.29 is 13.6 Å². The first-order valence-corrected chi connectivity index (χ1v) is 6.15. The number of carbonyl (C=O) groups excluding carboxylic acids is 1. The van der Waals surface area contributed by atoms with Crippen molar-refractivity contribution in [1.82, 2.24) is 0 Å². The maximum Gasteiger partial charge on any atom is 0.258 e. The number of benzene rings is 2. The molecule has 0 spiro atoms. The summed E-state index contributed by atoms with van der Waals surface area (Å²) in [5, 5.41) is 0. The minimum atomic E-state index is -1.04. The number of rotatable bonds is 3. The van der Waals surface area contributed by atoms with Gasteiger partial charge in [0.2, 0.25) is 0 Å². The normalized spacial score (nSPS) is 10.3. The summed E-state index contributed by atoms with van der Waals surface area (Å²) in [7, 11) is 0. The Balaban J connectivity index is 2.33. The molecule has 0 radical (unpaired) electrons. The van der Waals surface area contributed by atoms with E-state index in [1.54, 1.807) is 31.2 Å². The number of halogens is 2. The number of nitrogens with two attached hydrogens (primary N) is 1. The van der Waals surface area contributed by atoms with E-state index in [1.807, 2.05) is 0 Å². The minimum Gasteiger partial charge on any atom is -0.399 e. The highest BCUT2D eigenvalue weighted by atomic mass is 19.2. The van der Waals surface area contributed by atoms with Crippen molar-refractivity contribution in [2.75, 3.05) is 17.2 Å². The van der Waals surface area contributed by atoms with Gasteiger partial charge in [-0.15, -0.1) is 0 Å². The Bertz CT molecular complexity index is 626. The average molecular weight is 276 g/mol. The van der Waals surface area contributed by atoms with Crippen LogP contribution in [0, 0.1) is 11.6 Å². The second-order valence-corrected chi connectivity index (χ2v) is 4.27. The minimum absolute atomic E-state index is 0.0996. The van der Waals surface area contributed by atoms with Crippen molar-refractivity contribution in [2.24, 2.45) is 0 Å². The highest BCUT2D eigenvalue weighted by molar-refractivity contribution is 6.06. The first-order valence-electron chi connectivity index (χ1n) is 6.15. The molecule has 0 heterocycles. The molecule has 0 saturated carbocycles. The van der Waals surface area contributed by atoms with Crippen LogP contribution in [0.25, 0.3) is 0 Å². The van der Waals surface area contributed by atoms with E-state index >= 15 is 0 Å². The smallest absolute Gasteiger partial charge is 0.258 e. The molecule has 1 amide bonds. The lowest BCUT2D eigenvalue weighted by molar-refractivity contribution is 0.0988. The van der Waals surface area contributed by atoms with E-state index in [2.05, 4.69) is 0 Å². The quantitative estimate of drug-likeness (QED) is 0.875. The lowest BCUT2D eigenvalue weighted by Crippen LogP contribution is -2.30. The van der Waals surface area contributed by atoms with Gasteiger partial charge in [0.25, 0.3) is 5.91 Å². The van der Waals surface area contributed by atoms with Gasteiger partial charge >= 0.3 is 0 Å². The number of hydrogen-bond acceptors (Lipinski definition) is 2. The van der Waals surface area contributed by atoms with E-state index in [4.69, 9.17) is 5.73 Å². The SMILES string of the molecule is CCN(C(=O)c1ccc(F)c(F)c1)c1ccc(N)cc1. The van der Waals surface area contributed by atoms with Crippen LogP contribution in [0.15, 0.2) is 42.5 Å². The first-order chi connectivity index (χ1) is 9.52. The molecule has 5 heteroatoms. The van der Waals surface area contributed by atoms with Crippen LogP contribution in [0.3, 0.4) is 0 Å². The van der Waals surface area contributed by atoms with Gasteiger partial charge in [-0.2, -0.15) is 0 Å². The summed E-state index contributed by atoms with van der Waals surface area (Å²) in [6.45, 7) is 2.20. The molecule has 0 aliphatic rings. The Labute approximate surface area is 115 Å². The van der Waals surface area contributed by atoms with Gasteiger partial charge in [0.1, 0.15) is 0 Å². The second kappa shape index (κ2) is 5.69. The van der Waals surface area contributed by atoms with Crippen molar-refractivity contribution in [3.05, 3.63) is 59.7 Å². The Morgan fingerprint density at radius 2 is 1.75 bits per heavy atom. The lowest BCUT2D eigenvalue weighted by atomic mass is 10.1.